The molecule has 5 nitrogen and oxygen atoms in total. The topological polar surface area (TPSA) is 55.9 Å². The largest absolute Gasteiger partial charge is 0.439 e. The van der Waals surface area contributed by atoms with Crippen molar-refractivity contribution in [2.45, 2.75) is 32.7 Å². The van der Waals surface area contributed by atoms with Gasteiger partial charge in [0.1, 0.15) is 5.69 Å². The number of nitrogens with one attached hydrogen (secondary N) is 1. The standard InChI is InChI=1S/C13H20N4O/c1-13(2,3)16-6-5-12-15-8-11(18-12)10-7-14-9-17(10)4/h7-9,16H,5-6H2,1-4H3. The van der Waals surface area contributed by atoms with Crippen molar-refractivity contribution in [2.24, 2.45) is 7.05 Å². The number of imidazole rings is 1. The van der Waals surface area contributed by atoms with Gasteiger partial charge in [0.05, 0.1) is 18.7 Å². The molecule has 0 fully saturated rings. The van der Waals surface area contributed by atoms with Gasteiger partial charge in [-0.05, 0) is 20.8 Å². The van der Waals surface area contributed by atoms with E-state index in [1.165, 1.54) is 0 Å². The smallest absolute Gasteiger partial charge is 0.196 e. The summed E-state index contributed by atoms with van der Waals surface area (Å²) in [6, 6.07) is 0. The molecule has 98 valence electrons. The van der Waals surface area contributed by atoms with Crippen LogP contribution in [-0.4, -0.2) is 26.6 Å². The van der Waals surface area contributed by atoms with E-state index in [1.807, 2.05) is 11.6 Å². The highest BCUT2D eigenvalue weighted by atomic mass is 16.4. The first-order valence-corrected chi connectivity index (χ1v) is 6.12. The van der Waals surface area contributed by atoms with Crippen molar-refractivity contribution < 1.29 is 4.42 Å². The summed E-state index contributed by atoms with van der Waals surface area (Å²) < 4.78 is 7.63. The first-order valence-electron chi connectivity index (χ1n) is 6.12. The lowest BCUT2D eigenvalue weighted by atomic mass is 10.1. The molecule has 2 aromatic heterocycles. The highest BCUT2D eigenvalue weighted by Crippen LogP contribution is 2.19. The Labute approximate surface area is 107 Å². The van der Waals surface area contributed by atoms with Gasteiger partial charge in [-0.1, -0.05) is 0 Å². The van der Waals surface area contributed by atoms with Crippen LogP contribution < -0.4 is 5.32 Å². The van der Waals surface area contributed by atoms with Crippen molar-refractivity contribution in [3.63, 3.8) is 0 Å². The van der Waals surface area contributed by atoms with Crippen molar-refractivity contribution in [3.8, 4) is 11.5 Å². The molecule has 5 heteroatoms. The molecule has 0 unspecified atom stereocenters. The van der Waals surface area contributed by atoms with Gasteiger partial charge in [0.15, 0.2) is 11.7 Å². The Balaban J connectivity index is 1.97. The number of rotatable bonds is 4. The summed E-state index contributed by atoms with van der Waals surface area (Å²) in [6.07, 6.45) is 6.06. The van der Waals surface area contributed by atoms with Crippen molar-refractivity contribution in [2.75, 3.05) is 6.54 Å². The Morgan fingerprint density at radius 2 is 2.11 bits per heavy atom. The van der Waals surface area contributed by atoms with Crippen LogP contribution in [0.25, 0.3) is 11.5 Å². The van der Waals surface area contributed by atoms with Crippen molar-refractivity contribution in [1.82, 2.24) is 19.9 Å². The molecule has 2 aromatic rings. The summed E-state index contributed by atoms with van der Waals surface area (Å²) in [4.78, 5) is 8.35. The SMILES string of the molecule is Cn1cncc1-c1cnc(CCNC(C)(C)C)o1. The number of aromatic nitrogens is 3. The normalized spacial score (nSPS) is 12.0. The zero-order valence-electron chi connectivity index (χ0n) is 11.4. The van der Waals surface area contributed by atoms with Gasteiger partial charge in [-0.3, -0.25) is 0 Å². The lowest BCUT2D eigenvalue weighted by molar-refractivity contribution is 0.411. The molecule has 0 spiro atoms. The molecule has 0 saturated heterocycles. The highest BCUT2D eigenvalue weighted by molar-refractivity contribution is 5.49. The van der Waals surface area contributed by atoms with Crippen LogP contribution in [0.15, 0.2) is 23.1 Å². The van der Waals surface area contributed by atoms with E-state index in [1.54, 1.807) is 18.7 Å². The minimum absolute atomic E-state index is 0.122. The van der Waals surface area contributed by atoms with Gasteiger partial charge in [-0.2, -0.15) is 0 Å². The Bertz CT molecular complexity index is 507. The van der Waals surface area contributed by atoms with Crippen LogP contribution in [0.3, 0.4) is 0 Å². The third-order valence-corrected chi connectivity index (χ3v) is 2.62. The third-order valence-electron chi connectivity index (χ3n) is 2.62. The van der Waals surface area contributed by atoms with Crippen LogP contribution in [0.2, 0.25) is 0 Å². The summed E-state index contributed by atoms with van der Waals surface area (Å²) in [5, 5.41) is 3.41. The van der Waals surface area contributed by atoms with Crippen LogP contribution in [0.4, 0.5) is 0 Å². The van der Waals surface area contributed by atoms with Gasteiger partial charge in [-0.15, -0.1) is 0 Å². The fourth-order valence-corrected chi connectivity index (χ4v) is 1.68. The molecular weight excluding hydrogens is 228 g/mol. The Hall–Kier alpha value is -1.62. The average molecular weight is 248 g/mol. The van der Waals surface area contributed by atoms with E-state index in [9.17, 15) is 0 Å². The van der Waals surface area contributed by atoms with Crippen molar-refractivity contribution in [3.05, 3.63) is 24.6 Å². The molecule has 1 N–H and O–H groups in total. The average Bonchev–Trinajstić information content (AvgIpc) is 2.84. The molecule has 0 saturated carbocycles. The van der Waals surface area contributed by atoms with Crippen LogP contribution in [0, 0.1) is 0 Å². The first kappa shape index (κ1) is 12.8. The van der Waals surface area contributed by atoms with Crippen LogP contribution in [0.1, 0.15) is 26.7 Å². The van der Waals surface area contributed by atoms with E-state index in [-0.39, 0.29) is 5.54 Å². The summed E-state index contributed by atoms with van der Waals surface area (Å²) in [6.45, 7) is 7.28. The second-order valence-electron chi connectivity index (χ2n) is 5.43. The van der Waals surface area contributed by atoms with E-state index in [4.69, 9.17) is 4.42 Å². The van der Waals surface area contributed by atoms with Crippen LogP contribution in [0.5, 0.6) is 0 Å². The number of aryl methyl sites for hydroxylation is 1. The quantitative estimate of drug-likeness (QED) is 0.899. The molecule has 2 heterocycles. The van der Waals surface area contributed by atoms with Crippen molar-refractivity contribution in [1.29, 1.82) is 0 Å². The molecule has 0 radical (unpaired) electrons. The van der Waals surface area contributed by atoms with Crippen molar-refractivity contribution >= 4 is 0 Å². The molecular formula is C13H20N4O. The van der Waals surface area contributed by atoms with Gasteiger partial charge < -0.3 is 14.3 Å². The minimum atomic E-state index is 0.122. The van der Waals surface area contributed by atoms with Gasteiger partial charge in [0, 0.05) is 25.6 Å². The monoisotopic (exact) mass is 248 g/mol. The van der Waals surface area contributed by atoms with Gasteiger partial charge in [-0.25, -0.2) is 9.97 Å². The molecule has 0 aromatic carbocycles. The van der Waals surface area contributed by atoms with Crippen LogP contribution >= 0.6 is 0 Å². The lowest BCUT2D eigenvalue weighted by Gasteiger charge is -2.19. The summed E-state index contributed by atoms with van der Waals surface area (Å²) in [7, 11) is 1.94. The highest BCUT2D eigenvalue weighted by Gasteiger charge is 2.11. The van der Waals surface area contributed by atoms with E-state index >= 15 is 0 Å². The lowest BCUT2D eigenvalue weighted by Crippen LogP contribution is -2.37. The molecule has 18 heavy (non-hydrogen) atoms. The maximum Gasteiger partial charge on any atom is 0.196 e. The predicted octanol–water partition coefficient (Wildman–Crippen LogP) is 2.01. The second kappa shape index (κ2) is 4.94. The van der Waals surface area contributed by atoms with Crippen LogP contribution in [-0.2, 0) is 13.5 Å². The Morgan fingerprint density at radius 1 is 1.33 bits per heavy atom. The molecule has 0 atom stereocenters. The van der Waals surface area contributed by atoms with Gasteiger partial charge in [0.2, 0.25) is 0 Å². The van der Waals surface area contributed by atoms with Gasteiger partial charge >= 0.3 is 0 Å². The van der Waals surface area contributed by atoms with E-state index in [0.29, 0.717) is 0 Å². The zero-order valence-corrected chi connectivity index (χ0v) is 11.4. The predicted molar refractivity (Wildman–Crippen MR) is 70.2 cm³/mol. The number of hydrogen-bond donors (Lipinski definition) is 1. The molecule has 0 aliphatic rings. The first-order chi connectivity index (χ1) is 8.46. The fraction of sp³-hybridized carbons (Fsp3) is 0.538. The number of nitrogens with zero attached hydrogens (tertiary/aromatic N) is 3. The Kier molecular flexibility index (Phi) is 3.52. The molecule has 0 aliphatic carbocycles. The molecule has 0 bridgehead atoms. The van der Waals surface area contributed by atoms with Gasteiger partial charge in [0.25, 0.3) is 0 Å². The molecule has 0 aliphatic heterocycles. The number of oxazole rings is 1. The molecule has 2 rings (SSSR count). The molecule has 0 amide bonds. The summed E-state index contributed by atoms with van der Waals surface area (Å²) in [5.41, 5.74) is 1.06. The number of hydrogen-bond acceptors (Lipinski definition) is 4. The third kappa shape index (κ3) is 3.20. The van der Waals surface area contributed by atoms with E-state index in [2.05, 4.69) is 36.1 Å². The van der Waals surface area contributed by atoms with E-state index in [0.717, 1.165) is 30.3 Å². The Morgan fingerprint density at radius 3 is 2.72 bits per heavy atom. The second-order valence-corrected chi connectivity index (χ2v) is 5.43. The zero-order chi connectivity index (χ0) is 13.2. The fourth-order valence-electron chi connectivity index (χ4n) is 1.68. The minimum Gasteiger partial charge on any atom is -0.439 e. The summed E-state index contributed by atoms with van der Waals surface area (Å²) >= 11 is 0. The maximum atomic E-state index is 5.71. The summed E-state index contributed by atoms with van der Waals surface area (Å²) in [5.74, 6) is 1.52. The maximum absolute atomic E-state index is 5.71. The van der Waals surface area contributed by atoms with E-state index < -0.39 is 0 Å².